The molecule has 2 saturated heterocycles. The van der Waals surface area contributed by atoms with Crippen molar-refractivity contribution in [3.05, 3.63) is 0 Å². The molecule has 1 amide bonds. The van der Waals surface area contributed by atoms with E-state index in [1.165, 1.54) is 0 Å². The highest BCUT2D eigenvalue weighted by Crippen LogP contribution is 2.32. The molecule has 38 heavy (non-hydrogen) atoms. The Labute approximate surface area is 218 Å². The number of nitrogens with two attached hydrogens (primary N) is 3. The van der Waals surface area contributed by atoms with Crippen LogP contribution >= 0.6 is 0 Å². The second-order valence-corrected chi connectivity index (χ2v) is 9.79. The highest BCUT2D eigenvalue weighted by Gasteiger charge is 2.53. The molecule has 2 heterocycles. The van der Waals surface area contributed by atoms with Gasteiger partial charge < -0.3 is 82.3 Å². The van der Waals surface area contributed by atoms with Gasteiger partial charge in [0, 0.05) is 6.04 Å². The van der Waals surface area contributed by atoms with Crippen molar-refractivity contribution in [2.45, 2.75) is 105 Å². The molecule has 2 aliphatic heterocycles. The number of carbonyl (C=O) groups is 1. The normalized spacial score (nSPS) is 46.6. The van der Waals surface area contributed by atoms with Gasteiger partial charge in [0.25, 0.3) is 0 Å². The van der Waals surface area contributed by atoms with Gasteiger partial charge in [-0.3, -0.25) is 4.79 Å². The summed E-state index contributed by atoms with van der Waals surface area (Å²) in [7, 11) is 0. The van der Waals surface area contributed by atoms with Gasteiger partial charge in [-0.2, -0.15) is 0 Å². The quantitative estimate of drug-likeness (QED) is 0.119. The van der Waals surface area contributed by atoms with Gasteiger partial charge >= 0.3 is 0 Å². The Morgan fingerprint density at radius 1 is 0.868 bits per heavy atom. The van der Waals surface area contributed by atoms with Crippen molar-refractivity contribution in [1.82, 2.24) is 5.32 Å². The molecule has 0 aromatic heterocycles. The molecule has 3 rings (SSSR count). The molecule has 3 aliphatic rings. The van der Waals surface area contributed by atoms with Gasteiger partial charge in [0.1, 0.15) is 61.0 Å². The number of aliphatic hydroxyl groups excluding tert-OH is 8. The Bertz CT molecular complexity index is 769. The maximum absolute atomic E-state index is 12.4. The molecule has 3 fully saturated rings. The minimum absolute atomic E-state index is 0.0330. The summed E-state index contributed by atoms with van der Waals surface area (Å²) in [4.78, 5) is 12.4. The van der Waals surface area contributed by atoms with Crippen LogP contribution in [0.2, 0.25) is 0 Å². The Morgan fingerprint density at radius 2 is 1.42 bits per heavy atom. The fourth-order valence-corrected chi connectivity index (χ4v) is 4.80. The molecule has 17 nitrogen and oxygen atoms in total. The first-order valence-electron chi connectivity index (χ1n) is 12.4. The topological polar surface area (TPSA) is 306 Å². The van der Waals surface area contributed by atoms with Crippen LogP contribution in [-0.2, 0) is 23.7 Å². The lowest BCUT2D eigenvalue weighted by atomic mass is 9.83. The van der Waals surface area contributed by atoms with Crippen LogP contribution in [0.25, 0.3) is 0 Å². The first-order valence-corrected chi connectivity index (χ1v) is 12.4. The monoisotopic (exact) mass is 556 g/mol. The van der Waals surface area contributed by atoms with E-state index in [0.717, 1.165) is 0 Å². The van der Waals surface area contributed by atoms with Crippen molar-refractivity contribution in [3.8, 4) is 0 Å². The van der Waals surface area contributed by atoms with E-state index in [1.54, 1.807) is 0 Å². The molecule has 0 aromatic carbocycles. The van der Waals surface area contributed by atoms with Gasteiger partial charge in [-0.1, -0.05) is 0 Å². The Morgan fingerprint density at radius 3 is 2.00 bits per heavy atom. The van der Waals surface area contributed by atoms with Crippen molar-refractivity contribution < 1.29 is 64.6 Å². The smallest absolute Gasteiger partial charge is 0.249 e. The van der Waals surface area contributed by atoms with E-state index in [-0.39, 0.29) is 19.4 Å². The summed E-state index contributed by atoms with van der Waals surface area (Å²) in [6.07, 6.45) is -17.6. The summed E-state index contributed by atoms with van der Waals surface area (Å²) in [6, 6.07) is -3.40. The zero-order valence-electron chi connectivity index (χ0n) is 20.5. The summed E-state index contributed by atoms with van der Waals surface area (Å²) in [5.41, 5.74) is 17.6. The molecule has 1 aliphatic carbocycles. The molecule has 15 atom stereocenters. The van der Waals surface area contributed by atoms with E-state index in [9.17, 15) is 45.6 Å². The molecule has 222 valence electrons. The maximum Gasteiger partial charge on any atom is 0.249 e. The van der Waals surface area contributed by atoms with Crippen molar-refractivity contribution >= 4 is 5.91 Å². The van der Waals surface area contributed by atoms with Crippen LogP contribution in [0.15, 0.2) is 0 Å². The van der Waals surface area contributed by atoms with Crippen molar-refractivity contribution in [2.75, 3.05) is 19.8 Å². The maximum atomic E-state index is 12.4. The van der Waals surface area contributed by atoms with E-state index in [4.69, 9.17) is 36.1 Å². The fraction of sp³-hybridized carbons (Fsp3) is 0.952. The van der Waals surface area contributed by atoms with Gasteiger partial charge in [0.15, 0.2) is 12.6 Å². The number of ether oxygens (including phenoxy) is 4. The lowest BCUT2D eigenvalue weighted by molar-refractivity contribution is -0.311. The fourth-order valence-electron chi connectivity index (χ4n) is 4.80. The van der Waals surface area contributed by atoms with E-state index in [2.05, 4.69) is 5.32 Å². The molecular weight excluding hydrogens is 516 g/mol. The standard InChI is InChI=1S/C21H40N4O13/c22-2-1-8(28)19(34)25-7-3-6(23)17(37-20-11(24)15(32)13(30)9(4-26)35-20)18(12(7)29)38-21-16(33)14(31)10(5-27)36-21/h6-18,20-21,26-33H,1-5,22-24H2,(H,25,34). The molecule has 0 radical (unpaired) electrons. The lowest BCUT2D eigenvalue weighted by Crippen LogP contribution is -2.69. The molecule has 1 saturated carbocycles. The van der Waals surface area contributed by atoms with Gasteiger partial charge in [-0.15, -0.1) is 0 Å². The number of rotatable bonds is 10. The number of amides is 1. The van der Waals surface area contributed by atoms with Crippen molar-refractivity contribution in [1.29, 1.82) is 0 Å². The zero-order valence-corrected chi connectivity index (χ0v) is 20.5. The average Bonchev–Trinajstić information content (AvgIpc) is 3.16. The van der Waals surface area contributed by atoms with Crippen LogP contribution in [0, 0.1) is 0 Å². The highest BCUT2D eigenvalue weighted by atomic mass is 16.7. The number of aliphatic hydroxyl groups is 8. The molecule has 15 N–H and O–H groups in total. The Hall–Kier alpha value is -1.13. The van der Waals surface area contributed by atoms with Crippen LogP contribution in [0.5, 0.6) is 0 Å². The van der Waals surface area contributed by atoms with Gasteiger partial charge in [0.05, 0.1) is 25.3 Å². The molecule has 0 aromatic rings. The molecule has 15 unspecified atom stereocenters. The highest BCUT2D eigenvalue weighted by molar-refractivity contribution is 5.80. The third kappa shape index (κ3) is 6.60. The molecule has 0 spiro atoms. The third-order valence-corrected chi connectivity index (χ3v) is 7.10. The number of hydrogen-bond donors (Lipinski definition) is 12. The lowest BCUT2D eigenvalue weighted by Gasteiger charge is -2.47. The van der Waals surface area contributed by atoms with Gasteiger partial charge in [-0.05, 0) is 19.4 Å². The molecule has 17 heteroatoms. The van der Waals surface area contributed by atoms with Gasteiger partial charge in [-0.25, -0.2) is 0 Å². The van der Waals surface area contributed by atoms with Crippen LogP contribution in [0.1, 0.15) is 12.8 Å². The van der Waals surface area contributed by atoms with E-state index < -0.39 is 111 Å². The predicted octanol–water partition coefficient (Wildman–Crippen LogP) is -7.75. The summed E-state index contributed by atoms with van der Waals surface area (Å²) in [5, 5.41) is 83.2. The van der Waals surface area contributed by atoms with Crippen LogP contribution in [0.3, 0.4) is 0 Å². The summed E-state index contributed by atoms with van der Waals surface area (Å²) in [5.74, 6) is -0.821. The third-order valence-electron chi connectivity index (χ3n) is 7.10. The average molecular weight is 557 g/mol. The number of hydrogen-bond acceptors (Lipinski definition) is 16. The van der Waals surface area contributed by atoms with Gasteiger partial charge in [0.2, 0.25) is 5.91 Å². The van der Waals surface area contributed by atoms with Crippen LogP contribution < -0.4 is 22.5 Å². The van der Waals surface area contributed by atoms with Crippen molar-refractivity contribution in [2.24, 2.45) is 17.2 Å². The summed E-state index contributed by atoms with van der Waals surface area (Å²) < 4.78 is 22.5. The van der Waals surface area contributed by atoms with Crippen molar-refractivity contribution in [3.63, 3.8) is 0 Å². The summed E-state index contributed by atoms with van der Waals surface area (Å²) in [6.45, 7) is -1.28. The Balaban J connectivity index is 1.84. The second kappa shape index (κ2) is 13.5. The van der Waals surface area contributed by atoms with Crippen LogP contribution in [0.4, 0.5) is 0 Å². The number of nitrogens with one attached hydrogen (secondary N) is 1. The first-order chi connectivity index (χ1) is 17.9. The summed E-state index contributed by atoms with van der Waals surface area (Å²) >= 11 is 0. The predicted molar refractivity (Wildman–Crippen MR) is 123 cm³/mol. The van der Waals surface area contributed by atoms with Crippen LogP contribution in [-0.4, -0.2) is 158 Å². The Kier molecular flexibility index (Phi) is 11.1. The molecular formula is C21H40N4O13. The molecule has 0 bridgehead atoms. The first kappa shape index (κ1) is 31.4. The zero-order chi connectivity index (χ0) is 28.3. The van der Waals surface area contributed by atoms with E-state index >= 15 is 0 Å². The largest absolute Gasteiger partial charge is 0.394 e. The number of carbonyl (C=O) groups excluding carboxylic acids is 1. The van der Waals surface area contributed by atoms with E-state index in [0.29, 0.717) is 0 Å². The SMILES string of the molecule is NCCC(O)C(=O)NC1CC(N)C(OC2OC(CO)C(O)C(O)C2N)C(OC2OC(CO)C(O)C2O)C1O. The minimum Gasteiger partial charge on any atom is -0.394 e. The minimum atomic E-state index is -1.64. The van der Waals surface area contributed by atoms with E-state index in [1.807, 2.05) is 0 Å². The second-order valence-electron chi connectivity index (χ2n) is 9.79.